The van der Waals surface area contributed by atoms with Gasteiger partial charge in [-0.2, -0.15) is 0 Å². The van der Waals surface area contributed by atoms with Gasteiger partial charge in [-0.25, -0.2) is 9.48 Å². The van der Waals surface area contributed by atoms with Gasteiger partial charge in [-0.1, -0.05) is 35.5 Å². The summed E-state index contributed by atoms with van der Waals surface area (Å²) < 4.78 is 1.66. The van der Waals surface area contributed by atoms with Crippen LogP contribution in [-0.2, 0) is 11.3 Å². The number of likely N-dealkylation sites (tertiary alicyclic amines) is 1. The fourth-order valence-corrected chi connectivity index (χ4v) is 2.79. The van der Waals surface area contributed by atoms with Gasteiger partial charge in [-0.05, 0) is 18.4 Å². The molecule has 8 nitrogen and oxygen atoms in total. The molecule has 8 heteroatoms. The number of nitrogens with zero attached hydrogens (tertiary/aromatic N) is 4. The molecule has 126 valence electrons. The fourth-order valence-electron chi connectivity index (χ4n) is 2.79. The molecule has 3 rings (SSSR count). The number of urea groups is 1. The summed E-state index contributed by atoms with van der Waals surface area (Å²) in [5.41, 5.74) is 6.43. The molecule has 1 fully saturated rings. The van der Waals surface area contributed by atoms with Gasteiger partial charge in [0.05, 0.1) is 18.7 Å². The average Bonchev–Trinajstić information content (AvgIpc) is 3.02. The summed E-state index contributed by atoms with van der Waals surface area (Å²) in [5.74, 6) is -0.253. The molecule has 1 aliphatic heterocycles. The number of benzene rings is 1. The maximum atomic E-state index is 12.3. The SMILES string of the molecule is NC(=O)[C@H]1CCCN(C(=O)Nc2cn(Cc3ccccc3)nn2)C1. The highest BCUT2D eigenvalue weighted by atomic mass is 16.2. The molecule has 1 saturated heterocycles. The van der Waals surface area contributed by atoms with Crippen LogP contribution >= 0.6 is 0 Å². The molecule has 3 N–H and O–H groups in total. The summed E-state index contributed by atoms with van der Waals surface area (Å²) in [6.07, 6.45) is 3.18. The number of rotatable bonds is 4. The maximum absolute atomic E-state index is 12.3. The van der Waals surface area contributed by atoms with E-state index in [9.17, 15) is 9.59 Å². The van der Waals surface area contributed by atoms with Gasteiger partial charge in [0.1, 0.15) is 0 Å². The van der Waals surface area contributed by atoms with E-state index in [1.165, 1.54) is 0 Å². The van der Waals surface area contributed by atoms with E-state index in [2.05, 4.69) is 15.6 Å². The van der Waals surface area contributed by atoms with Crippen LogP contribution in [0.25, 0.3) is 0 Å². The largest absolute Gasteiger partial charge is 0.369 e. The zero-order chi connectivity index (χ0) is 16.9. The van der Waals surface area contributed by atoms with Crippen LogP contribution in [0, 0.1) is 5.92 Å². The highest BCUT2D eigenvalue weighted by Gasteiger charge is 2.27. The molecule has 0 saturated carbocycles. The predicted octanol–water partition coefficient (Wildman–Crippen LogP) is 1.06. The molecule has 0 unspecified atom stereocenters. The summed E-state index contributed by atoms with van der Waals surface area (Å²) >= 11 is 0. The first-order valence-electron chi connectivity index (χ1n) is 7.91. The van der Waals surface area contributed by atoms with Crippen molar-refractivity contribution in [3.8, 4) is 0 Å². The van der Waals surface area contributed by atoms with Gasteiger partial charge in [-0.15, -0.1) is 5.10 Å². The second-order valence-electron chi connectivity index (χ2n) is 5.90. The van der Waals surface area contributed by atoms with Crippen LogP contribution in [0.4, 0.5) is 10.6 Å². The Bertz CT molecular complexity index is 714. The summed E-state index contributed by atoms with van der Waals surface area (Å²) in [7, 11) is 0. The van der Waals surface area contributed by atoms with Gasteiger partial charge in [0, 0.05) is 13.1 Å². The summed E-state index contributed by atoms with van der Waals surface area (Å²) in [6, 6.07) is 9.58. The average molecular weight is 328 g/mol. The van der Waals surface area contributed by atoms with Crippen molar-refractivity contribution in [3.05, 3.63) is 42.1 Å². The number of amides is 3. The van der Waals surface area contributed by atoms with Gasteiger partial charge >= 0.3 is 6.03 Å². The number of primary amides is 1. The number of piperidine rings is 1. The van der Waals surface area contributed by atoms with Crippen LogP contribution in [0.15, 0.2) is 36.5 Å². The van der Waals surface area contributed by atoms with Gasteiger partial charge in [0.15, 0.2) is 5.82 Å². The maximum Gasteiger partial charge on any atom is 0.323 e. The first kappa shape index (κ1) is 16.0. The number of aromatic nitrogens is 3. The van der Waals surface area contributed by atoms with Crippen LogP contribution in [-0.4, -0.2) is 44.9 Å². The van der Waals surface area contributed by atoms with Gasteiger partial charge in [0.2, 0.25) is 5.91 Å². The number of carbonyl (C=O) groups excluding carboxylic acids is 2. The molecule has 0 aliphatic carbocycles. The van der Waals surface area contributed by atoms with Crippen LogP contribution in [0.5, 0.6) is 0 Å². The molecule has 1 aromatic carbocycles. The van der Waals surface area contributed by atoms with E-state index < -0.39 is 0 Å². The summed E-state index contributed by atoms with van der Waals surface area (Å²) in [4.78, 5) is 25.2. The highest BCUT2D eigenvalue weighted by molar-refractivity contribution is 5.88. The third-order valence-electron chi connectivity index (χ3n) is 4.07. The Hall–Kier alpha value is -2.90. The Morgan fingerprint density at radius 2 is 2.08 bits per heavy atom. The number of anilines is 1. The second-order valence-corrected chi connectivity index (χ2v) is 5.90. The van der Waals surface area contributed by atoms with Crippen molar-refractivity contribution in [3.63, 3.8) is 0 Å². The van der Waals surface area contributed by atoms with E-state index >= 15 is 0 Å². The Labute approximate surface area is 139 Å². The minimum atomic E-state index is -0.360. The Kier molecular flexibility index (Phi) is 4.74. The van der Waals surface area contributed by atoms with Gasteiger partial charge < -0.3 is 10.6 Å². The summed E-state index contributed by atoms with van der Waals surface area (Å²) in [5, 5.41) is 10.7. The molecule has 3 amide bonds. The van der Waals surface area contributed by atoms with Crippen molar-refractivity contribution in [1.82, 2.24) is 19.9 Å². The first-order chi connectivity index (χ1) is 11.6. The van der Waals surface area contributed by atoms with Crippen LogP contribution in [0.1, 0.15) is 18.4 Å². The molecular weight excluding hydrogens is 308 g/mol. The molecule has 2 heterocycles. The smallest absolute Gasteiger partial charge is 0.323 e. The van der Waals surface area contributed by atoms with E-state index in [-0.39, 0.29) is 17.9 Å². The third-order valence-corrected chi connectivity index (χ3v) is 4.07. The first-order valence-corrected chi connectivity index (χ1v) is 7.91. The van der Waals surface area contributed by atoms with Crippen molar-refractivity contribution < 1.29 is 9.59 Å². The van der Waals surface area contributed by atoms with Crippen LogP contribution in [0.2, 0.25) is 0 Å². The zero-order valence-electron chi connectivity index (χ0n) is 13.3. The highest BCUT2D eigenvalue weighted by Crippen LogP contribution is 2.17. The Morgan fingerprint density at radius 1 is 1.29 bits per heavy atom. The minimum absolute atomic E-state index is 0.279. The van der Waals surface area contributed by atoms with E-state index in [0.717, 1.165) is 18.4 Å². The quantitative estimate of drug-likeness (QED) is 0.875. The lowest BCUT2D eigenvalue weighted by Gasteiger charge is -2.30. The molecular formula is C16H20N6O2. The van der Waals surface area contributed by atoms with E-state index in [0.29, 0.717) is 25.5 Å². The third kappa shape index (κ3) is 3.89. The lowest BCUT2D eigenvalue weighted by Crippen LogP contribution is -2.45. The van der Waals surface area contributed by atoms with Crippen molar-refractivity contribution in [2.24, 2.45) is 11.7 Å². The van der Waals surface area contributed by atoms with Crippen molar-refractivity contribution >= 4 is 17.8 Å². The molecule has 2 aromatic rings. The van der Waals surface area contributed by atoms with E-state index in [1.54, 1.807) is 15.8 Å². The van der Waals surface area contributed by atoms with Crippen LogP contribution < -0.4 is 11.1 Å². The number of hydrogen-bond donors (Lipinski definition) is 2. The van der Waals surface area contributed by atoms with Crippen LogP contribution in [0.3, 0.4) is 0 Å². The standard InChI is InChI=1S/C16H20N6O2/c17-15(23)13-7-4-8-21(10-13)16(24)18-14-11-22(20-19-14)9-12-5-2-1-3-6-12/h1-3,5-6,11,13H,4,7-10H2,(H2,17,23)(H,18,24)/t13-/m0/s1. The molecule has 1 aliphatic rings. The molecule has 1 atom stereocenters. The number of nitrogens with two attached hydrogens (primary N) is 1. The summed E-state index contributed by atoms with van der Waals surface area (Å²) in [6.45, 7) is 1.53. The molecule has 0 bridgehead atoms. The van der Waals surface area contributed by atoms with E-state index in [4.69, 9.17) is 5.73 Å². The van der Waals surface area contributed by atoms with Crippen molar-refractivity contribution in [2.75, 3.05) is 18.4 Å². The van der Waals surface area contributed by atoms with Crippen molar-refractivity contribution in [1.29, 1.82) is 0 Å². The monoisotopic (exact) mass is 328 g/mol. The Balaban J connectivity index is 1.58. The lowest BCUT2D eigenvalue weighted by molar-refractivity contribution is -0.123. The van der Waals surface area contributed by atoms with Gasteiger partial charge in [-0.3, -0.25) is 10.1 Å². The molecule has 24 heavy (non-hydrogen) atoms. The molecule has 0 radical (unpaired) electrons. The normalized spacial score (nSPS) is 17.5. The van der Waals surface area contributed by atoms with E-state index in [1.807, 2.05) is 30.3 Å². The zero-order valence-corrected chi connectivity index (χ0v) is 13.3. The number of carbonyl (C=O) groups is 2. The second kappa shape index (κ2) is 7.12. The predicted molar refractivity (Wildman–Crippen MR) is 88.1 cm³/mol. The van der Waals surface area contributed by atoms with Gasteiger partial charge in [0.25, 0.3) is 0 Å². The lowest BCUT2D eigenvalue weighted by atomic mass is 9.98. The fraction of sp³-hybridized carbons (Fsp3) is 0.375. The topological polar surface area (TPSA) is 106 Å². The number of hydrogen-bond acceptors (Lipinski definition) is 4. The number of nitrogens with one attached hydrogen (secondary N) is 1. The molecule has 1 aromatic heterocycles. The minimum Gasteiger partial charge on any atom is -0.369 e. The molecule has 0 spiro atoms. The van der Waals surface area contributed by atoms with Crippen molar-refractivity contribution in [2.45, 2.75) is 19.4 Å². The Morgan fingerprint density at radius 3 is 2.83 bits per heavy atom.